The zero-order valence-electron chi connectivity index (χ0n) is 31.0. The standard InChI is InChI=1S/C36H62O11.Na/c1-10-34(31-20(3)16-26(43-31)28-19(2)15-21(4)36(41,18-37)46-28)12-11-27(44-34)33(8)13-14-35(47-33)17-25(38)22(5)30(45-35)23(6)29(42-9)24(7)32(39)40;/h19-31,37-38,41H,10-18H2,1-9H3,(H,39,40);/q;+1/p-1/t19-,20+,21+,22+,23+,24-,25-,26-,27+,28-,29-,30-,31-,33+,34-,35+,36-;/m0./s1. The summed E-state index contributed by atoms with van der Waals surface area (Å²) in [5.41, 5.74) is -1.16. The normalized spacial score (nSPS) is 49.8. The van der Waals surface area contributed by atoms with Crippen LogP contribution in [0.2, 0.25) is 0 Å². The van der Waals surface area contributed by atoms with Crippen LogP contribution in [0.1, 0.15) is 107 Å². The molecule has 1 spiro atoms. The summed E-state index contributed by atoms with van der Waals surface area (Å²) in [5.74, 6) is -4.97. The number of aliphatic hydroxyl groups is 3. The van der Waals surface area contributed by atoms with Gasteiger partial charge in [-0.25, -0.2) is 0 Å². The maximum Gasteiger partial charge on any atom is 1.00 e. The van der Waals surface area contributed by atoms with Crippen molar-refractivity contribution in [1.82, 2.24) is 0 Å². The summed E-state index contributed by atoms with van der Waals surface area (Å²) in [6, 6.07) is 0. The minimum atomic E-state index is -1.57. The van der Waals surface area contributed by atoms with E-state index < -0.39 is 59.6 Å². The Bertz CT molecular complexity index is 1110. The van der Waals surface area contributed by atoms with Gasteiger partial charge in [-0.05, 0) is 57.3 Å². The summed E-state index contributed by atoms with van der Waals surface area (Å²) >= 11 is 0. The first-order valence-corrected chi connectivity index (χ1v) is 18.1. The molecule has 0 radical (unpaired) electrons. The smallest absolute Gasteiger partial charge is 0.550 e. The third-order valence-corrected chi connectivity index (χ3v) is 13.0. The molecule has 0 aromatic rings. The average Bonchev–Trinajstić information content (AvgIpc) is 3.73. The number of ether oxygens (including phenoxy) is 6. The van der Waals surface area contributed by atoms with Crippen LogP contribution in [0.4, 0.5) is 0 Å². The number of methoxy groups -OCH3 is 1. The summed E-state index contributed by atoms with van der Waals surface area (Å²) in [5, 5.41) is 43.9. The Balaban J connectivity index is 0.00000520. The van der Waals surface area contributed by atoms with Crippen molar-refractivity contribution in [3.63, 3.8) is 0 Å². The molecule has 0 amide bonds. The molecule has 11 nitrogen and oxygen atoms in total. The van der Waals surface area contributed by atoms with Crippen LogP contribution in [0.15, 0.2) is 0 Å². The Morgan fingerprint density at radius 2 is 1.73 bits per heavy atom. The third kappa shape index (κ3) is 7.33. The fraction of sp³-hybridized carbons (Fsp3) is 0.972. The zero-order chi connectivity index (χ0) is 34.7. The number of hydrogen-bond donors (Lipinski definition) is 3. The van der Waals surface area contributed by atoms with Gasteiger partial charge < -0.3 is 53.6 Å². The summed E-state index contributed by atoms with van der Waals surface area (Å²) in [7, 11) is 1.50. The molecule has 0 bridgehead atoms. The molecule has 0 unspecified atom stereocenters. The van der Waals surface area contributed by atoms with Crippen LogP contribution in [0, 0.1) is 35.5 Å². The van der Waals surface area contributed by atoms with Crippen molar-refractivity contribution in [3.05, 3.63) is 0 Å². The van der Waals surface area contributed by atoms with E-state index in [1.165, 1.54) is 7.11 Å². The van der Waals surface area contributed by atoms with Gasteiger partial charge in [-0.2, -0.15) is 0 Å². The van der Waals surface area contributed by atoms with Gasteiger partial charge in [0.15, 0.2) is 11.6 Å². The SMILES string of the molecule is CC[C@@]1([C@H]2O[C@H]([C@H]3O[C@@](O)(CO)[C@H](C)C[C@@H]3C)C[C@H]2C)CC[C@H]([C@@]2(C)CC[C@]3(C[C@H](O)[C@@H](C)[C@@H]([C@H](C)[C@H](OC)[C@H](C)C(=O)[O-])O3)O2)O1.[Na+]. The van der Waals surface area contributed by atoms with Crippen LogP contribution < -0.4 is 34.7 Å². The van der Waals surface area contributed by atoms with Gasteiger partial charge in [0, 0.05) is 49.6 Å². The van der Waals surface area contributed by atoms with Gasteiger partial charge in [-0.3, -0.25) is 0 Å². The predicted octanol–water partition coefficient (Wildman–Crippen LogP) is -0.0578. The fourth-order valence-electron chi connectivity index (χ4n) is 9.91. The van der Waals surface area contributed by atoms with Gasteiger partial charge in [0.2, 0.25) is 0 Å². The minimum absolute atomic E-state index is 0. The summed E-state index contributed by atoms with van der Waals surface area (Å²) < 4.78 is 39.3. The number of carboxylic acids is 1. The third-order valence-electron chi connectivity index (χ3n) is 13.0. The second-order valence-corrected chi connectivity index (χ2v) is 16.3. The topological polar surface area (TPSA) is 156 Å². The van der Waals surface area contributed by atoms with Gasteiger partial charge in [0.1, 0.15) is 0 Å². The van der Waals surface area contributed by atoms with Crippen LogP contribution in [0.25, 0.3) is 0 Å². The van der Waals surface area contributed by atoms with E-state index in [1.54, 1.807) is 6.92 Å². The Morgan fingerprint density at radius 1 is 1.04 bits per heavy atom. The fourth-order valence-corrected chi connectivity index (χ4v) is 9.91. The first-order valence-electron chi connectivity index (χ1n) is 18.1. The van der Waals surface area contributed by atoms with E-state index in [1.807, 2.05) is 20.8 Å². The monoisotopic (exact) mass is 692 g/mol. The van der Waals surface area contributed by atoms with Gasteiger partial charge in [0.05, 0.1) is 60.5 Å². The molecule has 12 heteroatoms. The van der Waals surface area contributed by atoms with E-state index in [0.29, 0.717) is 19.3 Å². The number of carboxylic acid groups (broad SMARTS) is 1. The summed E-state index contributed by atoms with van der Waals surface area (Å²) in [6.45, 7) is 15.4. The van der Waals surface area contributed by atoms with E-state index in [4.69, 9.17) is 28.4 Å². The molecule has 17 atom stereocenters. The second-order valence-electron chi connectivity index (χ2n) is 16.3. The van der Waals surface area contributed by atoms with Crippen LogP contribution in [0.3, 0.4) is 0 Å². The predicted molar refractivity (Wildman–Crippen MR) is 170 cm³/mol. The molecule has 5 fully saturated rings. The summed E-state index contributed by atoms with van der Waals surface area (Å²) in [6.07, 6.45) is 2.81. The first-order chi connectivity index (χ1) is 22.0. The van der Waals surface area contributed by atoms with Crippen LogP contribution in [0.5, 0.6) is 0 Å². The van der Waals surface area contributed by atoms with Gasteiger partial charge in [-0.15, -0.1) is 0 Å². The number of rotatable bonds is 10. The van der Waals surface area contributed by atoms with Crippen molar-refractivity contribution in [2.24, 2.45) is 35.5 Å². The van der Waals surface area contributed by atoms with Crippen molar-refractivity contribution in [1.29, 1.82) is 0 Å². The van der Waals surface area contributed by atoms with Crippen LogP contribution >= 0.6 is 0 Å². The van der Waals surface area contributed by atoms with E-state index in [0.717, 1.165) is 32.1 Å². The molecule has 5 aliphatic rings. The zero-order valence-corrected chi connectivity index (χ0v) is 33.0. The number of carbonyl (C=O) groups excluding carboxylic acids is 1. The van der Waals surface area contributed by atoms with E-state index in [-0.39, 0.29) is 83.6 Å². The van der Waals surface area contributed by atoms with Crippen molar-refractivity contribution in [2.75, 3.05) is 13.7 Å². The van der Waals surface area contributed by atoms with E-state index in [2.05, 4.69) is 27.7 Å². The number of carbonyl (C=O) groups is 1. The Morgan fingerprint density at radius 3 is 2.33 bits per heavy atom. The summed E-state index contributed by atoms with van der Waals surface area (Å²) in [4.78, 5) is 11.7. The van der Waals surface area contributed by atoms with Crippen molar-refractivity contribution in [2.45, 2.75) is 172 Å². The van der Waals surface area contributed by atoms with Crippen LogP contribution in [-0.2, 0) is 33.2 Å². The number of hydrogen-bond acceptors (Lipinski definition) is 11. The largest absolute Gasteiger partial charge is 1.00 e. The average molecular weight is 693 g/mol. The molecule has 5 saturated heterocycles. The minimum Gasteiger partial charge on any atom is -0.550 e. The second kappa shape index (κ2) is 15.2. The molecule has 272 valence electrons. The molecule has 5 rings (SSSR count). The Labute approximate surface area is 309 Å². The molecule has 48 heavy (non-hydrogen) atoms. The molecule has 5 heterocycles. The molecule has 0 aromatic heterocycles. The first kappa shape index (κ1) is 40.9. The molecule has 3 N–H and O–H groups in total. The van der Waals surface area contributed by atoms with Gasteiger partial charge in [-0.1, -0.05) is 48.5 Å². The molecular weight excluding hydrogens is 631 g/mol. The maximum atomic E-state index is 11.7. The van der Waals surface area contributed by atoms with Gasteiger partial charge in [0.25, 0.3) is 0 Å². The molecule has 0 saturated carbocycles. The molecule has 0 aliphatic carbocycles. The van der Waals surface area contributed by atoms with E-state index >= 15 is 0 Å². The quantitative estimate of drug-likeness (QED) is 0.264. The molecule has 5 aliphatic heterocycles. The number of aliphatic hydroxyl groups excluding tert-OH is 2. The maximum absolute atomic E-state index is 11.7. The van der Waals surface area contributed by atoms with E-state index in [9.17, 15) is 25.2 Å². The van der Waals surface area contributed by atoms with Crippen molar-refractivity contribution >= 4 is 5.97 Å². The molecule has 0 aromatic carbocycles. The van der Waals surface area contributed by atoms with Crippen molar-refractivity contribution < 1.29 is 83.2 Å². The number of aliphatic carboxylic acids is 1. The van der Waals surface area contributed by atoms with Crippen molar-refractivity contribution in [3.8, 4) is 0 Å². The molecular formula is C36H61NaO11. The van der Waals surface area contributed by atoms with Crippen LogP contribution in [-0.4, -0.2) is 101 Å². The Kier molecular flexibility index (Phi) is 13.0. The Hall–Kier alpha value is 0.110. The van der Waals surface area contributed by atoms with Gasteiger partial charge >= 0.3 is 29.6 Å².